The van der Waals surface area contributed by atoms with Crippen molar-refractivity contribution >= 4 is 0 Å². The maximum Gasteiger partial charge on any atom is 0.131 e. The van der Waals surface area contributed by atoms with Gasteiger partial charge in [0, 0.05) is 16.7 Å². The molecule has 0 atom stereocenters. The van der Waals surface area contributed by atoms with Gasteiger partial charge in [-0.1, -0.05) is 249 Å². The fourth-order valence-corrected chi connectivity index (χ4v) is 9.22. The van der Waals surface area contributed by atoms with Crippen molar-refractivity contribution in [2.45, 2.75) is 106 Å². The van der Waals surface area contributed by atoms with E-state index in [0.717, 1.165) is 114 Å². The summed E-state index contributed by atoms with van der Waals surface area (Å²) in [6.07, 6.45) is 10.8. The SMILES string of the molecule is CCCc1ccc(-c2ccc(-c3ccc(CC)cc3)c(F)c2)cc1.CCCc1ccc(-c2ccc(-c3ccc(CC)cc3)cc2F)cc1.CCCc1ccc(-c2ccc(-c3ccc(CCC)cc3)c(F)c2)cc1. The minimum Gasteiger partial charge on any atom is -0.206 e. The first-order valence-electron chi connectivity index (χ1n) is 26.6. The summed E-state index contributed by atoms with van der Waals surface area (Å²) in [6, 6.07) is 66.3. The topological polar surface area (TPSA) is 0 Å². The van der Waals surface area contributed by atoms with Crippen molar-refractivity contribution in [3.05, 3.63) is 251 Å². The molecule has 73 heavy (non-hydrogen) atoms. The van der Waals surface area contributed by atoms with Crippen LogP contribution in [-0.4, -0.2) is 0 Å². The minimum atomic E-state index is -0.172. The lowest BCUT2D eigenvalue weighted by atomic mass is 9.97. The zero-order valence-corrected chi connectivity index (χ0v) is 43.8. The molecule has 0 radical (unpaired) electrons. The number of rotatable bonds is 16. The van der Waals surface area contributed by atoms with Crippen molar-refractivity contribution < 1.29 is 13.2 Å². The highest BCUT2D eigenvalue weighted by Gasteiger charge is 2.11. The van der Waals surface area contributed by atoms with E-state index in [1.165, 1.54) is 33.4 Å². The van der Waals surface area contributed by atoms with E-state index in [4.69, 9.17) is 0 Å². The van der Waals surface area contributed by atoms with Crippen molar-refractivity contribution in [1.82, 2.24) is 0 Å². The third-order valence-corrected chi connectivity index (χ3v) is 13.5. The van der Waals surface area contributed by atoms with E-state index in [1.54, 1.807) is 18.2 Å². The smallest absolute Gasteiger partial charge is 0.131 e. The molecule has 0 aromatic heterocycles. The van der Waals surface area contributed by atoms with Crippen LogP contribution in [0.25, 0.3) is 66.8 Å². The quantitative estimate of drug-likeness (QED) is 0.0905. The monoisotopic (exact) mass is 969 g/mol. The summed E-state index contributed by atoms with van der Waals surface area (Å²) in [5.74, 6) is -0.511. The summed E-state index contributed by atoms with van der Waals surface area (Å²) in [5, 5.41) is 0. The van der Waals surface area contributed by atoms with Crippen LogP contribution in [-0.2, 0) is 38.5 Å². The third-order valence-electron chi connectivity index (χ3n) is 13.5. The molecule has 0 unspecified atom stereocenters. The largest absolute Gasteiger partial charge is 0.206 e. The minimum absolute atomic E-state index is 0.168. The Morgan fingerprint density at radius 3 is 0.603 bits per heavy atom. The lowest BCUT2D eigenvalue weighted by Gasteiger charge is -2.09. The van der Waals surface area contributed by atoms with Crippen molar-refractivity contribution in [1.29, 1.82) is 0 Å². The van der Waals surface area contributed by atoms with E-state index in [1.807, 2.05) is 72.8 Å². The van der Waals surface area contributed by atoms with Crippen LogP contribution in [0.15, 0.2) is 200 Å². The maximum absolute atomic E-state index is 14.7. The Bertz CT molecular complexity index is 3090. The van der Waals surface area contributed by atoms with Gasteiger partial charge in [0.15, 0.2) is 0 Å². The first kappa shape index (κ1) is 53.6. The molecule has 9 aromatic rings. The lowest BCUT2D eigenvalue weighted by Crippen LogP contribution is -1.89. The molecular formula is C70H71F3. The standard InChI is InChI=1S/C24H25F.2C23H23F/c1-3-5-18-7-11-20(12-8-18)22-15-16-23(24(25)17-22)21-13-9-19(6-4-2)10-14-21;1-3-5-18-8-10-19(11-9-18)21-14-15-22(23(24)16-21)20-12-6-17(4-2)7-13-20;1-3-5-18-8-12-20(13-9-18)22-15-14-21(16-23(22)24)19-10-6-17(4-2)7-11-19/h7-17H,3-6H2,1-2H3;2*6-16H,3-5H2,1-2H3. The molecule has 9 rings (SSSR count). The van der Waals surface area contributed by atoms with Gasteiger partial charge in [-0.25, -0.2) is 13.2 Å². The predicted octanol–water partition coefficient (Wildman–Crippen LogP) is 20.4. The van der Waals surface area contributed by atoms with Crippen LogP contribution >= 0.6 is 0 Å². The van der Waals surface area contributed by atoms with Crippen molar-refractivity contribution in [2.75, 3.05) is 0 Å². The fourth-order valence-electron chi connectivity index (χ4n) is 9.22. The molecule has 0 bridgehead atoms. The second kappa shape index (κ2) is 27.0. The molecule has 3 heteroatoms. The van der Waals surface area contributed by atoms with Gasteiger partial charge < -0.3 is 0 Å². The third kappa shape index (κ3) is 14.7. The van der Waals surface area contributed by atoms with Crippen molar-refractivity contribution in [3.63, 3.8) is 0 Å². The Morgan fingerprint density at radius 2 is 0.411 bits per heavy atom. The molecule has 0 saturated heterocycles. The zero-order valence-electron chi connectivity index (χ0n) is 43.8. The van der Waals surface area contributed by atoms with E-state index >= 15 is 0 Å². The van der Waals surface area contributed by atoms with Crippen LogP contribution in [0.5, 0.6) is 0 Å². The number of aryl methyl sites for hydroxylation is 6. The van der Waals surface area contributed by atoms with Crippen LogP contribution in [0.1, 0.15) is 101 Å². The number of halogens is 3. The molecule has 0 aliphatic heterocycles. The summed E-state index contributed by atoms with van der Waals surface area (Å²) in [7, 11) is 0. The summed E-state index contributed by atoms with van der Waals surface area (Å²) < 4.78 is 43.9. The van der Waals surface area contributed by atoms with Crippen LogP contribution < -0.4 is 0 Å². The van der Waals surface area contributed by atoms with E-state index < -0.39 is 0 Å². The highest BCUT2D eigenvalue weighted by Crippen LogP contribution is 2.32. The lowest BCUT2D eigenvalue weighted by molar-refractivity contribution is 0.631. The predicted molar refractivity (Wildman–Crippen MR) is 307 cm³/mol. The van der Waals surface area contributed by atoms with Gasteiger partial charge in [-0.3, -0.25) is 0 Å². The van der Waals surface area contributed by atoms with Gasteiger partial charge in [0.2, 0.25) is 0 Å². The van der Waals surface area contributed by atoms with Gasteiger partial charge in [0.1, 0.15) is 17.5 Å². The Morgan fingerprint density at radius 1 is 0.219 bits per heavy atom. The van der Waals surface area contributed by atoms with E-state index in [0.29, 0.717) is 16.7 Å². The molecular weight excluding hydrogens is 898 g/mol. The average Bonchev–Trinajstić information content (AvgIpc) is 3.43. The molecule has 0 fully saturated rings. The maximum atomic E-state index is 14.7. The highest BCUT2D eigenvalue weighted by molar-refractivity contribution is 5.74. The van der Waals surface area contributed by atoms with Gasteiger partial charge in [-0.15, -0.1) is 0 Å². The molecule has 0 saturated carbocycles. The van der Waals surface area contributed by atoms with Crippen molar-refractivity contribution in [3.8, 4) is 66.8 Å². The Balaban J connectivity index is 0.000000160. The molecule has 0 aliphatic rings. The van der Waals surface area contributed by atoms with Crippen LogP contribution in [0.4, 0.5) is 13.2 Å². The van der Waals surface area contributed by atoms with Gasteiger partial charge in [-0.05, 0) is 140 Å². The average molecular weight is 969 g/mol. The second-order valence-electron chi connectivity index (χ2n) is 19.0. The molecule has 0 N–H and O–H groups in total. The van der Waals surface area contributed by atoms with Crippen LogP contribution in [0.3, 0.4) is 0 Å². The van der Waals surface area contributed by atoms with E-state index in [2.05, 4.69) is 151 Å². The molecule has 0 heterocycles. The van der Waals surface area contributed by atoms with Gasteiger partial charge in [0.05, 0.1) is 0 Å². The van der Waals surface area contributed by atoms with Gasteiger partial charge in [0.25, 0.3) is 0 Å². The summed E-state index contributed by atoms with van der Waals surface area (Å²) in [5.41, 5.74) is 18.5. The summed E-state index contributed by atoms with van der Waals surface area (Å²) >= 11 is 0. The molecule has 0 amide bonds. The zero-order chi connectivity index (χ0) is 51.5. The highest BCUT2D eigenvalue weighted by atomic mass is 19.1. The van der Waals surface area contributed by atoms with Gasteiger partial charge >= 0.3 is 0 Å². The van der Waals surface area contributed by atoms with Crippen LogP contribution in [0, 0.1) is 17.5 Å². The number of hydrogen-bond acceptors (Lipinski definition) is 0. The Kier molecular flexibility index (Phi) is 19.8. The molecule has 9 aromatic carbocycles. The second-order valence-corrected chi connectivity index (χ2v) is 19.0. The van der Waals surface area contributed by atoms with Gasteiger partial charge in [-0.2, -0.15) is 0 Å². The summed E-state index contributed by atoms with van der Waals surface area (Å²) in [4.78, 5) is 0. The van der Waals surface area contributed by atoms with E-state index in [9.17, 15) is 13.2 Å². The number of benzene rings is 9. The van der Waals surface area contributed by atoms with Crippen LogP contribution in [0.2, 0.25) is 0 Å². The first-order chi connectivity index (χ1) is 35.6. The molecule has 372 valence electrons. The first-order valence-corrected chi connectivity index (χ1v) is 26.6. The van der Waals surface area contributed by atoms with Crippen molar-refractivity contribution in [2.24, 2.45) is 0 Å². The van der Waals surface area contributed by atoms with E-state index in [-0.39, 0.29) is 17.5 Å². The molecule has 0 aliphatic carbocycles. The normalized spacial score (nSPS) is 10.8. The summed E-state index contributed by atoms with van der Waals surface area (Å²) in [6.45, 7) is 12.9. The fraction of sp³-hybridized carbons (Fsp3) is 0.229. The molecule has 0 nitrogen and oxygen atoms in total. The molecule has 0 spiro atoms. The Labute approximate surface area is 434 Å². The Hall–Kier alpha value is -7.23. The number of hydrogen-bond donors (Lipinski definition) is 0.